The quantitative estimate of drug-likeness (QED) is 0.550. The lowest BCUT2D eigenvalue weighted by molar-refractivity contribution is 0.0827. The highest BCUT2D eigenvalue weighted by molar-refractivity contribution is 5.93. The van der Waals surface area contributed by atoms with Crippen LogP contribution in [0.25, 0.3) is 0 Å². The number of guanidine groups is 1. The molecule has 0 aliphatic carbocycles. The highest BCUT2D eigenvalue weighted by atomic mass is 16.3. The Morgan fingerprint density at radius 2 is 1.81 bits per heavy atom. The zero-order chi connectivity index (χ0) is 18.9. The van der Waals surface area contributed by atoms with Gasteiger partial charge < -0.3 is 20.6 Å². The summed E-state index contributed by atoms with van der Waals surface area (Å²) in [4.78, 5) is 18.0. The topological polar surface area (TPSA) is 77.0 Å². The van der Waals surface area contributed by atoms with Gasteiger partial charge >= 0.3 is 0 Å². The van der Waals surface area contributed by atoms with Crippen molar-refractivity contribution >= 4 is 11.9 Å². The van der Waals surface area contributed by atoms with Gasteiger partial charge in [0.25, 0.3) is 5.91 Å². The van der Waals surface area contributed by atoms with E-state index in [0.29, 0.717) is 24.6 Å². The van der Waals surface area contributed by atoms with Crippen LogP contribution in [0.5, 0.6) is 5.75 Å². The van der Waals surface area contributed by atoms with Crippen LogP contribution in [-0.2, 0) is 13.1 Å². The molecule has 1 amide bonds. The Balaban J connectivity index is 1.97. The Morgan fingerprint density at radius 3 is 2.42 bits per heavy atom. The fourth-order valence-corrected chi connectivity index (χ4v) is 2.38. The lowest BCUT2D eigenvalue weighted by atomic mass is 10.1. The Morgan fingerprint density at radius 1 is 1.08 bits per heavy atom. The van der Waals surface area contributed by atoms with Crippen LogP contribution in [0.1, 0.15) is 28.4 Å². The van der Waals surface area contributed by atoms with E-state index in [-0.39, 0.29) is 11.7 Å². The van der Waals surface area contributed by atoms with E-state index in [1.807, 2.05) is 37.3 Å². The molecule has 0 heterocycles. The first-order chi connectivity index (χ1) is 12.5. The maximum atomic E-state index is 11.9. The summed E-state index contributed by atoms with van der Waals surface area (Å²) in [6.07, 6.45) is 0. The highest BCUT2D eigenvalue weighted by Gasteiger charge is 2.07. The highest BCUT2D eigenvalue weighted by Crippen LogP contribution is 2.11. The minimum Gasteiger partial charge on any atom is -0.508 e. The summed E-state index contributed by atoms with van der Waals surface area (Å²) in [6, 6.07) is 14.6. The number of rotatable bonds is 6. The van der Waals surface area contributed by atoms with Crippen molar-refractivity contribution < 1.29 is 9.90 Å². The number of benzene rings is 2. The van der Waals surface area contributed by atoms with Gasteiger partial charge in [0.05, 0.1) is 6.54 Å². The number of carbonyl (C=O) groups excluding carboxylic acids is 1. The first kappa shape index (κ1) is 19.3. The van der Waals surface area contributed by atoms with E-state index in [4.69, 9.17) is 0 Å². The van der Waals surface area contributed by atoms with Gasteiger partial charge in [-0.05, 0) is 42.3 Å². The Kier molecular flexibility index (Phi) is 7.02. The fraction of sp³-hybridized carbons (Fsp3) is 0.300. The number of carbonyl (C=O) groups is 1. The van der Waals surface area contributed by atoms with E-state index in [0.717, 1.165) is 17.7 Å². The smallest absolute Gasteiger partial charge is 0.253 e. The molecule has 6 nitrogen and oxygen atoms in total. The van der Waals surface area contributed by atoms with E-state index >= 15 is 0 Å². The summed E-state index contributed by atoms with van der Waals surface area (Å²) < 4.78 is 0. The molecule has 0 spiro atoms. The number of hydrogen-bond acceptors (Lipinski definition) is 3. The molecule has 0 atom stereocenters. The Hall–Kier alpha value is -3.02. The molecule has 0 aliphatic heterocycles. The second kappa shape index (κ2) is 9.46. The monoisotopic (exact) mass is 354 g/mol. The summed E-state index contributed by atoms with van der Waals surface area (Å²) in [5.74, 6) is 0.929. The van der Waals surface area contributed by atoms with Gasteiger partial charge in [0.2, 0.25) is 0 Å². The van der Waals surface area contributed by atoms with Crippen molar-refractivity contribution in [1.82, 2.24) is 15.5 Å². The van der Waals surface area contributed by atoms with E-state index < -0.39 is 0 Å². The minimum absolute atomic E-state index is 0.00877. The predicted octanol–water partition coefficient (Wildman–Crippen LogP) is 2.35. The fourth-order valence-electron chi connectivity index (χ4n) is 2.38. The van der Waals surface area contributed by atoms with Crippen LogP contribution < -0.4 is 10.6 Å². The van der Waals surface area contributed by atoms with Crippen molar-refractivity contribution in [2.45, 2.75) is 20.0 Å². The van der Waals surface area contributed by atoms with Crippen molar-refractivity contribution in [3.63, 3.8) is 0 Å². The van der Waals surface area contributed by atoms with Crippen LogP contribution in [-0.4, -0.2) is 42.5 Å². The molecule has 0 saturated heterocycles. The van der Waals surface area contributed by atoms with Crippen molar-refractivity contribution in [3.05, 3.63) is 65.2 Å². The van der Waals surface area contributed by atoms with Crippen LogP contribution in [0.4, 0.5) is 0 Å². The van der Waals surface area contributed by atoms with Crippen molar-refractivity contribution in [1.29, 1.82) is 0 Å². The maximum Gasteiger partial charge on any atom is 0.253 e. The normalized spacial score (nSPS) is 11.1. The molecule has 138 valence electrons. The van der Waals surface area contributed by atoms with E-state index in [1.165, 1.54) is 0 Å². The molecule has 2 aromatic carbocycles. The van der Waals surface area contributed by atoms with E-state index in [2.05, 4.69) is 15.6 Å². The van der Waals surface area contributed by atoms with Crippen LogP contribution >= 0.6 is 0 Å². The molecule has 3 N–H and O–H groups in total. The van der Waals surface area contributed by atoms with Gasteiger partial charge in [0, 0.05) is 32.7 Å². The molecule has 0 fully saturated rings. The molecule has 0 aromatic heterocycles. The summed E-state index contributed by atoms with van der Waals surface area (Å²) in [7, 11) is 3.48. The number of phenols is 1. The van der Waals surface area contributed by atoms with Gasteiger partial charge in [-0.3, -0.25) is 4.79 Å². The van der Waals surface area contributed by atoms with E-state index in [1.54, 1.807) is 37.2 Å². The number of hydrogen-bond donors (Lipinski definition) is 3. The zero-order valence-corrected chi connectivity index (χ0v) is 15.5. The second-order valence-corrected chi connectivity index (χ2v) is 6.12. The molecule has 0 bridgehead atoms. The van der Waals surface area contributed by atoms with Crippen LogP contribution in [0.15, 0.2) is 53.5 Å². The lowest BCUT2D eigenvalue weighted by Gasteiger charge is -2.13. The molecule has 0 aliphatic rings. The Bertz CT molecular complexity index is 755. The molecular weight excluding hydrogens is 328 g/mol. The molecule has 26 heavy (non-hydrogen) atoms. The van der Waals surface area contributed by atoms with Crippen molar-refractivity contribution in [2.75, 3.05) is 20.6 Å². The summed E-state index contributed by atoms with van der Waals surface area (Å²) in [5, 5.41) is 16.0. The standard InChI is InChI=1S/C20H26N4O2/c1-4-21-20(23-14-16-6-5-7-18(25)12-16)22-13-15-8-10-17(11-9-15)19(26)24(2)3/h5-12,25H,4,13-14H2,1-3H3,(H2,21,22,23). The number of aliphatic imine (C=N–C) groups is 1. The van der Waals surface area contributed by atoms with Gasteiger partial charge in [-0.1, -0.05) is 24.3 Å². The third-order valence-electron chi connectivity index (χ3n) is 3.74. The first-order valence-corrected chi connectivity index (χ1v) is 8.60. The molecule has 2 aromatic rings. The zero-order valence-electron chi connectivity index (χ0n) is 15.5. The van der Waals surface area contributed by atoms with Crippen LogP contribution in [0, 0.1) is 0 Å². The van der Waals surface area contributed by atoms with E-state index in [9.17, 15) is 9.90 Å². The van der Waals surface area contributed by atoms with Crippen molar-refractivity contribution in [2.24, 2.45) is 4.99 Å². The second-order valence-electron chi connectivity index (χ2n) is 6.12. The third kappa shape index (κ3) is 5.81. The number of aromatic hydroxyl groups is 1. The summed E-state index contributed by atoms with van der Waals surface area (Å²) >= 11 is 0. The number of nitrogens with one attached hydrogen (secondary N) is 2. The first-order valence-electron chi connectivity index (χ1n) is 8.60. The predicted molar refractivity (Wildman–Crippen MR) is 104 cm³/mol. The molecule has 6 heteroatoms. The van der Waals surface area contributed by atoms with Gasteiger partial charge in [-0.2, -0.15) is 0 Å². The van der Waals surface area contributed by atoms with Gasteiger partial charge in [0.1, 0.15) is 5.75 Å². The molecule has 0 radical (unpaired) electrons. The molecule has 0 saturated carbocycles. The number of amides is 1. The van der Waals surface area contributed by atoms with Crippen LogP contribution in [0.3, 0.4) is 0 Å². The summed E-state index contributed by atoms with van der Waals surface area (Å²) in [5.41, 5.74) is 2.67. The largest absolute Gasteiger partial charge is 0.508 e. The lowest BCUT2D eigenvalue weighted by Crippen LogP contribution is -2.36. The average molecular weight is 354 g/mol. The average Bonchev–Trinajstić information content (AvgIpc) is 2.64. The van der Waals surface area contributed by atoms with Gasteiger partial charge in [0.15, 0.2) is 5.96 Å². The van der Waals surface area contributed by atoms with Gasteiger partial charge in [-0.15, -0.1) is 0 Å². The van der Waals surface area contributed by atoms with Crippen molar-refractivity contribution in [3.8, 4) is 5.75 Å². The van der Waals surface area contributed by atoms with Gasteiger partial charge in [-0.25, -0.2) is 4.99 Å². The minimum atomic E-state index is -0.00877. The molecule has 2 rings (SSSR count). The van der Waals surface area contributed by atoms with Crippen LogP contribution in [0.2, 0.25) is 0 Å². The number of phenolic OH excluding ortho intramolecular Hbond substituents is 1. The SMILES string of the molecule is CCNC(=NCc1cccc(O)c1)NCc1ccc(C(=O)N(C)C)cc1. The number of nitrogens with zero attached hydrogens (tertiary/aromatic N) is 2. The molecule has 0 unspecified atom stereocenters. The maximum absolute atomic E-state index is 11.9. The third-order valence-corrected chi connectivity index (χ3v) is 3.74. The summed E-state index contributed by atoms with van der Waals surface area (Å²) in [6.45, 7) is 3.83. The molecular formula is C20H26N4O2. The Labute approximate surface area is 154 Å².